The van der Waals surface area contributed by atoms with Crippen LogP contribution in [-0.2, 0) is 6.18 Å². The molecule has 0 saturated carbocycles. The molecule has 3 rings (SSSR count). The molecule has 30 heavy (non-hydrogen) atoms. The zero-order valence-corrected chi connectivity index (χ0v) is 15.0. The third kappa shape index (κ3) is 4.79. The summed E-state index contributed by atoms with van der Waals surface area (Å²) in [5.41, 5.74) is -0.599. The quantitative estimate of drug-likeness (QED) is 0.351. The Morgan fingerprint density at radius 1 is 1.13 bits per heavy atom. The smallest absolute Gasteiger partial charge is 0.415 e. The van der Waals surface area contributed by atoms with Gasteiger partial charge in [-0.2, -0.15) is 27.1 Å². The maximum Gasteiger partial charge on any atom is 0.433 e. The van der Waals surface area contributed by atoms with Crippen LogP contribution in [0.25, 0.3) is 11.5 Å². The molecule has 3 heterocycles. The summed E-state index contributed by atoms with van der Waals surface area (Å²) in [5.74, 6) is -1.63. The fourth-order valence-corrected chi connectivity index (χ4v) is 2.12. The van der Waals surface area contributed by atoms with Crippen molar-refractivity contribution < 1.29 is 31.2 Å². The molecule has 0 aliphatic rings. The number of carbonyl (C=O) groups excluding carboxylic acids is 1. The van der Waals surface area contributed by atoms with Crippen molar-refractivity contribution >= 4 is 12.1 Å². The van der Waals surface area contributed by atoms with E-state index in [0.29, 0.717) is 17.3 Å². The maximum atomic E-state index is 12.5. The second kappa shape index (κ2) is 8.31. The van der Waals surface area contributed by atoms with E-state index in [1.165, 1.54) is 31.6 Å². The van der Waals surface area contributed by atoms with Crippen LogP contribution in [0.5, 0.6) is 0 Å². The average molecular weight is 426 g/mol. The second-order valence-electron chi connectivity index (χ2n) is 5.72. The van der Waals surface area contributed by atoms with E-state index in [1.54, 1.807) is 0 Å². The van der Waals surface area contributed by atoms with Crippen LogP contribution in [0.3, 0.4) is 0 Å². The predicted molar refractivity (Wildman–Crippen MR) is 91.4 cm³/mol. The molecule has 0 unspecified atom stereocenters. The van der Waals surface area contributed by atoms with E-state index < -0.39 is 30.1 Å². The Morgan fingerprint density at radius 3 is 2.43 bits per heavy atom. The normalized spacial score (nSPS) is 12.0. The largest absolute Gasteiger partial charge is 0.433 e. The Morgan fingerprint density at radius 2 is 1.90 bits per heavy atom. The summed E-state index contributed by atoms with van der Waals surface area (Å²) < 4.78 is 67.3. The van der Waals surface area contributed by atoms with Crippen LogP contribution in [0.2, 0.25) is 0 Å². The fraction of sp³-hybridized carbons (Fsp3) is 0.176. The summed E-state index contributed by atoms with van der Waals surface area (Å²) >= 11 is 0. The van der Waals surface area contributed by atoms with E-state index in [-0.39, 0.29) is 11.5 Å². The molecular formula is C17H11F5N6O2. The lowest BCUT2D eigenvalue weighted by Crippen LogP contribution is -2.22. The van der Waals surface area contributed by atoms with E-state index in [4.69, 9.17) is 4.42 Å². The highest BCUT2D eigenvalue weighted by molar-refractivity contribution is 5.94. The van der Waals surface area contributed by atoms with Gasteiger partial charge in [-0.25, -0.2) is 5.01 Å². The first-order valence-corrected chi connectivity index (χ1v) is 8.08. The highest BCUT2D eigenvalue weighted by atomic mass is 19.4. The number of hydrogen-bond acceptors (Lipinski definition) is 7. The van der Waals surface area contributed by atoms with Gasteiger partial charge >= 0.3 is 12.6 Å². The maximum absolute atomic E-state index is 12.5. The molecule has 0 saturated heterocycles. The Kier molecular flexibility index (Phi) is 5.80. The van der Waals surface area contributed by atoms with Crippen molar-refractivity contribution in [1.82, 2.24) is 25.2 Å². The zero-order chi connectivity index (χ0) is 21.9. The molecular weight excluding hydrogens is 415 g/mol. The average Bonchev–Trinajstić information content (AvgIpc) is 3.22. The number of hydrogen-bond donors (Lipinski definition) is 0. The summed E-state index contributed by atoms with van der Waals surface area (Å²) in [6, 6.07) is 4.62. The van der Waals surface area contributed by atoms with Crippen LogP contribution >= 0.6 is 0 Å². The molecule has 0 fully saturated rings. The van der Waals surface area contributed by atoms with Gasteiger partial charge in [-0.05, 0) is 24.3 Å². The van der Waals surface area contributed by atoms with Gasteiger partial charge in [-0.15, -0.1) is 10.2 Å². The zero-order valence-electron chi connectivity index (χ0n) is 15.0. The highest BCUT2D eigenvalue weighted by Gasteiger charge is 2.32. The molecule has 0 spiro atoms. The Balaban J connectivity index is 1.66. The van der Waals surface area contributed by atoms with E-state index in [2.05, 4.69) is 25.3 Å². The summed E-state index contributed by atoms with van der Waals surface area (Å²) in [6.07, 6.45) is -4.18. The van der Waals surface area contributed by atoms with Crippen LogP contribution in [0.1, 0.15) is 34.1 Å². The number of amides is 1. The lowest BCUT2D eigenvalue weighted by molar-refractivity contribution is -0.141. The standard InChI is InChI=1S/C17H11F5N6O2/c1-28(16(29)10-3-5-12(24-7-10)17(20,21)22)25-8-11-4-2-9(6-23-11)14-26-27-15(30-14)13(18)19/h2-8,13H,1H3/b25-8+. The first-order valence-electron chi connectivity index (χ1n) is 8.08. The molecule has 3 aromatic heterocycles. The first-order chi connectivity index (χ1) is 14.1. The van der Waals surface area contributed by atoms with Crippen molar-refractivity contribution in [3.63, 3.8) is 0 Å². The number of rotatable bonds is 5. The Hall–Kier alpha value is -3.77. The number of halogens is 5. The van der Waals surface area contributed by atoms with Gasteiger partial charge in [0.2, 0.25) is 5.89 Å². The molecule has 0 atom stereocenters. The minimum Gasteiger partial charge on any atom is -0.415 e. The SMILES string of the molecule is CN(/N=C/c1ccc(-c2nnc(C(F)F)o2)cn1)C(=O)c1ccc(C(F)(F)F)nc1. The van der Waals surface area contributed by atoms with Gasteiger partial charge in [0.05, 0.1) is 23.0 Å². The third-order valence-corrected chi connectivity index (χ3v) is 3.62. The van der Waals surface area contributed by atoms with Crippen LogP contribution < -0.4 is 0 Å². The van der Waals surface area contributed by atoms with Crippen molar-refractivity contribution in [2.75, 3.05) is 7.05 Å². The van der Waals surface area contributed by atoms with E-state index in [9.17, 15) is 26.7 Å². The number of carbonyl (C=O) groups is 1. The summed E-state index contributed by atoms with van der Waals surface area (Å²) in [6.45, 7) is 0. The minimum absolute atomic E-state index is 0.0859. The monoisotopic (exact) mass is 426 g/mol. The molecule has 156 valence electrons. The van der Waals surface area contributed by atoms with Crippen LogP contribution in [-0.4, -0.2) is 44.3 Å². The van der Waals surface area contributed by atoms with Crippen molar-refractivity contribution in [3.05, 3.63) is 59.5 Å². The number of hydrazone groups is 1. The molecule has 0 N–H and O–H groups in total. The predicted octanol–water partition coefficient (Wildman–Crippen LogP) is 3.59. The van der Waals surface area contributed by atoms with Gasteiger partial charge in [0.15, 0.2) is 0 Å². The molecule has 0 aliphatic carbocycles. The Labute approximate surface area is 165 Å². The molecule has 1 amide bonds. The summed E-state index contributed by atoms with van der Waals surface area (Å²) in [5, 5.41) is 11.5. The van der Waals surface area contributed by atoms with Gasteiger partial charge in [-0.1, -0.05) is 0 Å². The number of aromatic nitrogens is 4. The molecule has 0 bridgehead atoms. The molecule has 0 aliphatic heterocycles. The van der Waals surface area contributed by atoms with Crippen molar-refractivity contribution in [1.29, 1.82) is 0 Å². The third-order valence-electron chi connectivity index (χ3n) is 3.62. The minimum atomic E-state index is -4.61. The first kappa shape index (κ1) is 21.0. The molecule has 8 nitrogen and oxygen atoms in total. The second-order valence-corrected chi connectivity index (χ2v) is 5.72. The van der Waals surface area contributed by atoms with Crippen LogP contribution in [0, 0.1) is 0 Å². The van der Waals surface area contributed by atoms with Gasteiger partial charge < -0.3 is 4.42 Å². The van der Waals surface area contributed by atoms with Gasteiger partial charge in [-0.3, -0.25) is 14.8 Å². The lowest BCUT2D eigenvalue weighted by atomic mass is 10.2. The fourth-order valence-electron chi connectivity index (χ4n) is 2.12. The molecule has 0 aromatic carbocycles. The van der Waals surface area contributed by atoms with Crippen LogP contribution in [0.4, 0.5) is 22.0 Å². The van der Waals surface area contributed by atoms with E-state index in [0.717, 1.165) is 17.3 Å². The number of nitrogens with zero attached hydrogens (tertiary/aromatic N) is 6. The van der Waals surface area contributed by atoms with Crippen molar-refractivity contribution in [2.24, 2.45) is 5.10 Å². The molecule has 0 radical (unpaired) electrons. The van der Waals surface area contributed by atoms with Crippen LogP contribution in [0.15, 0.2) is 46.2 Å². The highest BCUT2D eigenvalue weighted by Crippen LogP contribution is 2.27. The summed E-state index contributed by atoms with van der Waals surface area (Å²) in [4.78, 5) is 19.4. The van der Waals surface area contributed by atoms with Gasteiger partial charge in [0, 0.05) is 19.4 Å². The topological polar surface area (TPSA) is 97.4 Å². The molecule has 13 heteroatoms. The lowest BCUT2D eigenvalue weighted by Gasteiger charge is -2.11. The van der Waals surface area contributed by atoms with E-state index in [1.807, 2.05) is 0 Å². The van der Waals surface area contributed by atoms with Crippen molar-refractivity contribution in [2.45, 2.75) is 12.6 Å². The Bertz CT molecular complexity index is 1050. The molecule has 3 aromatic rings. The van der Waals surface area contributed by atoms with Gasteiger partial charge in [0.1, 0.15) is 5.69 Å². The number of pyridine rings is 2. The van der Waals surface area contributed by atoms with Gasteiger partial charge in [0.25, 0.3) is 11.8 Å². The number of alkyl halides is 5. The van der Waals surface area contributed by atoms with E-state index >= 15 is 0 Å². The van der Waals surface area contributed by atoms with Crippen molar-refractivity contribution in [3.8, 4) is 11.5 Å². The summed E-state index contributed by atoms with van der Waals surface area (Å²) in [7, 11) is 1.30.